The van der Waals surface area contributed by atoms with Crippen LogP contribution in [0.15, 0.2) is 46.4 Å². The molecule has 0 bridgehead atoms. The van der Waals surface area contributed by atoms with Gasteiger partial charge >= 0.3 is 0 Å². The lowest BCUT2D eigenvalue weighted by atomic mass is 10.2. The summed E-state index contributed by atoms with van der Waals surface area (Å²) in [5.41, 5.74) is 3.51. The fourth-order valence-electron chi connectivity index (χ4n) is 2.47. The number of methoxy groups -OCH3 is 2. The van der Waals surface area contributed by atoms with Gasteiger partial charge < -0.3 is 14.6 Å². The van der Waals surface area contributed by atoms with E-state index < -0.39 is 22.5 Å². The highest BCUT2D eigenvalue weighted by Gasteiger charge is 2.23. The van der Waals surface area contributed by atoms with Crippen LogP contribution in [0.25, 0.3) is 0 Å². The number of hydrazone groups is 1. The Labute approximate surface area is 169 Å². The summed E-state index contributed by atoms with van der Waals surface area (Å²) >= 11 is 0. The van der Waals surface area contributed by atoms with Gasteiger partial charge in [0, 0.05) is 7.05 Å². The van der Waals surface area contributed by atoms with E-state index in [1.165, 1.54) is 51.7 Å². The third kappa shape index (κ3) is 5.46. The lowest BCUT2D eigenvalue weighted by Crippen LogP contribution is -2.36. The molecule has 156 valence electrons. The molecule has 1 amide bonds. The van der Waals surface area contributed by atoms with E-state index in [1.807, 2.05) is 0 Å². The van der Waals surface area contributed by atoms with Crippen molar-refractivity contribution in [2.75, 3.05) is 27.8 Å². The van der Waals surface area contributed by atoms with Gasteiger partial charge in [-0.2, -0.15) is 9.41 Å². The van der Waals surface area contributed by atoms with Crippen LogP contribution in [0.3, 0.4) is 0 Å². The second kappa shape index (κ2) is 9.39. The van der Waals surface area contributed by atoms with Crippen molar-refractivity contribution in [2.24, 2.45) is 5.10 Å². The Morgan fingerprint density at radius 3 is 2.48 bits per heavy atom. The van der Waals surface area contributed by atoms with E-state index in [2.05, 4.69) is 10.5 Å². The molecule has 0 spiro atoms. The monoisotopic (exact) mass is 421 g/mol. The van der Waals surface area contributed by atoms with E-state index in [-0.39, 0.29) is 16.4 Å². The van der Waals surface area contributed by atoms with Crippen molar-refractivity contribution >= 4 is 22.1 Å². The fraction of sp³-hybridized carbons (Fsp3) is 0.263. The van der Waals surface area contributed by atoms with Gasteiger partial charge in [-0.3, -0.25) is 4.79 Å². The lowest BCUT2D eigenvalue weighted by Gasteiger charge is -2.17. The molecule has 2 aromatic rings. The number of nitrogens with one attached hydrogen (secondary N) is 1. The predicted molar refractivity (Wildman–Crippen MR) is 108 cm³/mol. The summed E-state index contributed by atoms with van der Waals surface area (Å²) in [4.78, 5) is 12.1. The Balaban J connectivity index is 2.01. The molecule has 10 heteroatoms. The van der Waals surface area contributed by atoms with Crippen molar-refractivity contribution in [3.05, 3.63) is 47.5 Å². The lowest BCUT2D eigenvalue weighted by molar-refractivity contribution is -0.121. The number of carbonyl (C=O) groups is 1. The number of phenols is 1. The third-order valence-corrected chi connectivity index (χ3v) is 5.85. The number of rotatable bonds is 8. The molecule has 0 atom stereocenters. The van der Waals surface area contributed by atoms with E-state index in [1.54, 1.807) is 19.1 Å². The second-order valence-electron chi connectivity index (χ2n) is 6.12. The normalized spacial score (nSPS) is 11.6. The van der Waals surface area contributed by atoms with Crippen molar-refractivity contribution in [3.8, 4) is 17.2 Å². The molecule has 0 aliphatic heterocycles. The minimum atomic E-state index is -3.85. The minimum Gasteiger partial charge on any atom is -0.504 e. The summed E-state index contributed by atoms with van der Waals surface area (Å²) in [6, 6.07) is 9.01. The second-order valence-corrected chi connectivity index (χ2v) is 8.16. The van der Waals surface area contributed by atoms with Crippen molar-refractivity contribution in [3.63, 3.8) is 0 Å². The van der Waals surface area contributed by atoms with Crippen LogP contribution in [0.5, 0.6) is 17.2 Å². The summed E-state index contributed by atoms with van der Waals surface area (Å²) in [5, 5.41) is 13.3. The topological polar surface area (TPSA) is 118 Å². The van der Waals surface area contributed by atoms with Crippen LogP contribution >= 0.6 is 0 Å². The van der Waals surface area contributed by atoms with Crippen LogP contribution in [0.4, 0.5) is 0 Å². The Hall–Kier alpha value is -3.11. The molecule has 0 heterocycles. The number of ether oxygens (including phenoxy) is 2. The van der Waals surface area contributed by atoms with Crippen LogP contribution in [0, 0.1) is 6.92 Å². The van der Waals surface area contributed by atoms with Gasteiger partial charge in [0.2, 0.25) is 10.0 Å². The number of likely N-dealkylation sites (N-methyl/N-ethyl adjacent to an activating group) is 1. The van der Waals surface area contributed by atoms with E-state index in [0.29, 0.717) is 16.9 Å². The van der Waals surface area contributed by atoms with Gasteiger partial charge in [0.05, 0.1) is 31.9 Å². The smallest absolute Gasteiger partial charge is 0.255 e. The number of phenolic OH excluding ortho intramolecular Hbond substituents is 1. The predicted octanol–water partition coefficient (Wildman–Crippen LogP) is 1.49. The number of benzene rings is 2. The summed E-state index contributed by atoms with van der Waals surface area (Å²) in [5.74, 6) is 0.211. The van der Waals surface area contributed by atoms with E-state index in [9.17, 15) is 18.3 Å². The molecule has 0 saturated carbocycles. The molecule has 29 heavy (non-hydrogen) atoms. The summed E-state index contributed by atoms with van der Waals surface area (Å²) in [6.45, 7) is 1.32. The molecule has 9 nitrogen and oxygen atoms in total. The van der Waals surface area contributed by atoms with E-state index in [4.69, 9.17) is 9.47 Å². The van der Waals surface area contributed by atoms with Gasteiger partial charge in [0.1, 0.15) is 5.75 Å². The highest BCUT2D eigenvalue weighted by atomic mass is 32.2. The standard InChI is InChI=1S/C19H23N3O6S/c1-13-9-15(6-8-17(13)27-3)29(25,26)22(2)12-19(24)21-20-11-14-5-7-16(23)18(10-14)28-4/h5-11,23H,12H2,1-4H3,(H,21,24). The number of sulfonamides is 1. The van der Waals surface area contributed by atoms with Crippen molar-refractivity contribution < 1.29 is 27.8 Å². The Morgan fingerprint density at radius 1 is 1.17 bits per heavy atom. The van der Waals surface area contributed by atoms with Gasteiger partial charge in [0.25, 0.3) is 5.91 Å². The molecule has 0 radical (unpaired) electrons. The van der Waals surface area contributed by atoms with Crippen molar-refractivity contribution in [1.29, 1.82) is 0 Å². The van der Waals surface area contributed by atoms with Gasteiger partial charge in [-0.25, -0.2) is 13.8 Å². The Kier molecular flexibility index (Phi) is 7.18. The zero-order valence-corrected chi connectivity index (χ0v) is 17.4. The van der Waals surface area contributed by atoms with E-state index in [0.717, 1.165) is 4.31 Å². The van der Waals surface area contributed by atoms with Crippen molar-refractivity contribution in [2.45, 2.75) is 11.8 Å². The average molecular weight is 421 g/mol. The van der Waals surface area contributed by atoms with Crippen LogP contribution in [0.1, 0.15) is 11.1 Å². The fourth-order valence-corrected chi connectivity index (χ4v) is 3.68. The van der Waals surface area contributed by atoms with Crippen LogP contribution in [-0.2, 0) is 14.8 Å². The molecule has 2 N–H and O–H groups in total. The average Bonchev–Trinajstić information content (AvgIpc) is 2.69. The van der Waals surface area contributed by atoms with Gasteiger partial charge in [-0.05, 0) is 54.4 Å². The Morgan fingerprint density at radius 2 is 1.86 bits per heavy atom. The Bertz CT molecular complexity index is 1020. The maximum absolute atomic E-state index is 12.6. The molecular formula is C19H23N3O6S. The summed E-state index contributed by atoms with van der Waals surface area (Å²) < 4.78 is 36.3. The number of hydrogen-bond acceptors (Lipinski definition) is 7. The van der Waals surface area contributed by atoms with Crippen LogP contribution < -0.4 is 14.9 Å². The number of carbonyl (C=O) groups excluding carboxylic acids is 1. The maximum Gasteiger partial charge on any atom is 0.255 e. The summed E-state index contributed by atoms with van der Waals surface area (Å²) in [6.07, 6.45) is 1.35. The highest BCUT2D eigenvalue weighted by Crippen LogP contribution is 2.25. The third-order valence-electron chi connectivity index (χ3n) is 4.05. The zero-order chi connectivity index (χ0) is 21.6. The maximum atomic E-state index is 12.6. The SMILES string of the molecule is COc1ccc(S(=O)(=O)N(C)CC(=O)NN=Cc2ccc(O)c(OC)c2)cc1C. The molecular weight excluding hydrogens is 398 g/mol. The largest absolute Gasteiger partial charge is 0.504 e. The first-order valence-electron chi connectivity index (χ1n) is 8.49. The van der Waals surface area contributed by atoms with Gasteiger partial charge in [-0.1, -0.05) is 0 Å². The molecule has 0 aliphatic carbocycles. The minimum absolute atomic E-state index is 0.0192. The van der Waals surface area contributed by atoms with E-state index >= 15 is 0 Å². The highest BCUT2D eigenvalue weighted by molar-refractivity contribution is 7.89. The molecule has 0 unspecified atom stereocenters. The molecule has 2 aromatic carbocycles. The van der Waals surface area contributed by atoms with Crippen molar-refractivity contribution in [1.82, 2.24) is 9.73 Å². The zero-order valence-electron chi connectivity index (χ0n) is 16.5. The molecule has 0 aliphatic rings. The van der Waals surface area contributed by atoms with Gasteiger partial charge in [0.15, 0.2) is 11.5 Å². The van der Waals surface area contributed by atoms with Crippen LogP contribution in [0.2, 0.25) is 0 Å². The first kappa shape index (κ1) is 22.2. The molecule has 2 rings (SSSR count). The van der Waals surface area contributed by atoms with Gasteiger partial charge in [-0.15, -0.1) is 0 Å². The first-order chi connectivity index (χ1) is 13.7. The first-order valence-corrected chi connectivity index (χ1v) is 9.93. The number of aromatic hydroxyl groups is 1. The molecule has 0 saturated heterocycles. The van der Waals surface area contributed by atoms with Crippen LogP contribution in [-0.4, -0.2) is 57.8 Å². The number of hydrogen-bond donors (Lipinski definition) is 2. The quantitative estimate of drug-likeness (QED) is 0.493. The number of nitrogens with zero attached hydrogens (tertiary/aromatic N) is 2. The summed E-state index contributed by atoms with van der Waals surface area (Å²) in [7, 11) is 0.374. The number of amides is 1. The molecule has 0 aromatic heterocycles. The molecule has 0 fully saturated rings. The number of aryl methyl sites for hydroxylation is 1.